The Morgan fingerprint density at radius 2 is 1.95 bits per heavy atom. The first-order valence-electron chi connectivity index (χ1n) is 5.95. The molecule has 0 unspecified atom stereocenters. The smallest absolute Gasteiger partial charge is 0.337 e. The number of hydrogen-bond acceptors (Lipinski definition) is 5. The molecule has 2 aromatic carbocycles. The van der Waals surface area contributed by atoms with Crippen LogP contribution in [-0.4, -0.2) is 23.2 Å². The largest absolute Gasteiger partial charge is 0.508 e. The van der Waals surface area contributed by atoms with E-state index in [0.29, 0.717) is 22.6 Å². The maximum absolute atomic E-state index is 11.5. The van der Waals surface area contributed by atoms with Crippen molar-refractivity contribution in [2.24, 2.45) is 0 Å². The molecule has 5 heteroatoms. The molecule has 1 heterocycles. The van der Waals surface area contributed by atoms with Crippen molar-refractivity contribution in [3.63, 3.8) is 0 Å². The van der Waals surface area contributed by atoms with Crippen molar-refractivity contribution in [2.45, 2.75) is 0 Å². The van der Waals surface area contributed by atoms with Crippen LogP contribution >= 0.6 is 0 Å². The van der Waals surface area contributed by atoms with Crippen molar-refractivity contribution in [2.75, 3.05) is 7.11 Å². The molecule has 20 heavy (non-hydrogen) atoms. The number of carbonyl (C=O) groups excluding carboxylic acids is 1. The Kier molecular flexibility index (Phi) is 2.87. The Hall–Kier alpha value is -2.82. The van der Waals surface area contributed by atoms with Gasteiger partial charge in [0.05, 0.1) is 12.7 Å². The molecule has 3 aromatic rings. The standard InChI is InChI=1S/C15H11NO4/c1-19-15(18)10-4-7-13-12(8-10)16-14(20-13)9-2-5-11(17)6-3-9/h2-8,17H,1H3. The third-order valence-electron chi connectivity index (χ3n) is 2.92. The van der Waals surface area contributed by atoms with E-state index >= 15 is 0 Å². The summed E-state index contributed by atoms with van der Waals surface area (Å²) in [5.41, 5.74) is 2.33. The van der Waals surface area contributed by atoms with Gasteiger partial charge in [0.15, 0.2) is 5.58 Å². The van der Waals surface area contributed by atoms with Gasteiger partial charge in [0.25, 0.3) is 0 Å². The van der Waals surface area contributed by atoms with E-state index in [1.54, 1.807) is 42.5 Å². The van der Waals surface area contributed by atoms with Crippen LogP contribution in [0.3, 0.4) is 0 Å². The van der Waals surface area contributed by atoms with Crippen molar-refractivity contribution in [1.82, 2.24) is 4.98 Å². The number of fused-ring (bicyclic) bond motifs is 1. The fourth-order valence-electron chi connectivity index (χ4n) is 1.90. The molecule has 0 aliphatic heterocycles. The van der Waals surface area contributed by atoms with Crippen molar-refractivity contribution in [1.29, 1.82) is 0 Å². The maximum Gasteiger partial charge on any atom is 0.337 e. The number of oxazole rings is 1. The average Bonchev–Trinajstić information content (AvgIpc) is 2.90. The minimum absolute atomic E-state index is 0.179. The summed E-state index contributed by atoms with van der Waals surface area (Å²) in [6.45, 7) is 0. The van der Waals surface area contributed by atoms with Gasteiger partial charge in [-0.05, 0) is 42.5 Å². The maximum atomic E-state index is 11.5. The minimum Gasteiger partial charge on any atom is -0.508 e. The summed E-state index contributed by atoms with van der Waals surface area (Å²) < 4.78 is 10.3. The topological polar surface area (TPSA) is 72.6 Å². The Labute approximate surface area is 114 Å². The van der Waals surface area contributed by atoms with Crippen molar-refractivity contribution in [3.05, 3.63) is 48.0 Å². The van der Waals surface area contributed by atoms with E-state index in [0.717, 1.165) is 5.56 Å². The number of ether oxygens (including phenoxy) is 1. The molecule has 3 rings (SSSR count). The molecular formula is C15H11NO4. The molecule has 0 aliphatic rings. The van der Waals surface area contributed by atoms with E-state index in [9.17, 15) is 9.90 Å². The predicted molar refractivity (Wildman–Crippen MR) is 72.4 cm³/mol. The van der Waals surface area contributed by atoms with Gasteiger partial charge in [0.2, 0.25) is 5.89 Å². The highest BCUT2D eigenvalue weighted by Crippen LogP contribution is 2.26. The zero-order valence-corrected chi connectivity index (χ0v) is 10.7. The molecule has 0 aliphatic carbocycles. The monoisotopic (exact) mass is 269 g/mol. The van der Waals surface area contributed by atoms with Gasteiger partial charge in [0.1, 0.15) is 11.3 Å². The lowest BCUT2D eigenvalue weighted by molar-refractivity contribution is 0.0601. The highest BCUT2D eigenvalue weighted by Gasteiger charge is 2.11. The fourth-order valence-corrected chi connectivity index (χ4v) is 1.90. The summed E-state index contributed by atoms with van der Waals surface area (Å²) in [5, 5.41) is 9.27. The van der Waals surface area contributed by atoms with Crippen molar-refractivity contribution >= 4 is 17.1 Å². The predicted octanol–water partition coefficient (Wildman–Crippen LogP) is 2.99. The number of rotatable bonds is 2. The second-order valence-corrected chi connectivity index (χ2v) is 4.24. The van der Waals surface area contributed by atoms with E-state index in [1.807, 2.05) is 0 Å². The number of aromatic nitrogens is 1. The number of phenols is 1. The van der Waals surface area contributed by atoms with E-state index in [-0.39, 0.29) is 5.75 Å². The zero-order valence-electron chi connectivity index (χ0n) is 10.7. The van der Waals surface area contributed by atoms with Crippen LogP contribution in [0.25, 0.3) is 22.6 Å². The summed E-state index contributed by atoms with van der Waals surface area (Å²) >= 11 is 0. The van der Waals surface area contributed by atoms with Crippen LogP contribution in [0.2, 0.25) is 0 Å². The Bertz CT molecular complexity index is 774. The van der Waals surface area contributed by atoms with Gasteiger partial charge in [-0.25, -0.2) is 9.78 Å². The first kappa shape index (κ1) is 12.2. The molecule has 0 atom stereocenters. The summed E-state index contributed by atoms with van der Waals surface area (Å²) in [4.78, 5) is 15.8. The van der Waals surface area contributed by atoms with Crippen LogP contribution in [-0.2, 0) is 4.74 Å². The van der Waals surface area contributed by atoms with E-state index in [2.05, 4.69) is 9.72 Å². The summed E-state index contributed by atoms with van der Waals surface area (Å²) in [6, 6.07) is 11.5. The molecule has 100 valence electrons. The van der Waals surface area contributed by atoms with Crippen molar-refractivity contribution in [3.8, 4) is 17.2 Å². The molecule has 1 aromatic heterocycles. The van der Waals surface area contributed by atoms with E-state index in [1.165, 1.54) is 7.11 Å². The number of methoxy groups -OCH3 is 1. The molecule has 0 spiro atoms. The van der Waals surface area contributed by atoms with Gasteiger partial charge in [-0.15, -0.1) is 0 Å². The second-order valence-electron chi connectivity index (χ2n) is 4.24. The Balaban J connectivity index is 2.06. The Morgan fingerprint density at radius 3 is 2.65 bits per heavy atom. The van der Waals surface area contributed by atoms with Crippen LogP contribution in [0.15, 0.2) is 46.9 Å². The van der Waals surface area contributed by atoms with Crippen LogP contribution in [0, 0.1) is 0 Å². The minimum atomic E-state index is -0.416. The van der Waals surface area contributed by atoms with Crippen LogP contribution in [0.4, 0.5) is 0 Å². The third kappa shape index (κ3) is 2.09. The number of benzene rings is 2. The van der Waals surface area contributed by atoms with Gasteiger partial charge >= 0.3 is 5.97 Å². The number of hydrogen-bond donors (Lipinski definition) is 1. The van der Waals surface area contributed by atoms with Crippen LogP contribution in [0.1, 0.15) is 10.4 Å². The van der Waals surface area contributed by atoms with Gasteiger partial charge in [0, 0.05) is 5.56 Å². The SMILES string of the molecule is COC(=O)c1ccc2oc(-c3ccc(O)cc3)nc2c1. The Morgan fingerprint density at radius 1 is 1.20 bits per heavy atom. The molecule has 0 fully saturated rings. The zero-order chi connectivity index (χ0) is 14.1. The lowest BCUT2D eigenvalue weighted by atomic mass is 10.2. The summed E-state index contributed by atoms with van der Waals surface area (Å²) in [6.07, 6.45) is 0. The molecule has 1 N–H and O–H groups in total. The summed E-state index contributed by atoms with van der Waals surface area (Å²) in [7, 11) is 1.33. The number of phenolic OH excluding ortho intramolecular Hbond substituents is 1. The number of esters is 1. The highest BCUT2D eigenvalue weighted by molar-refractivity contribution is 5.93. The number of carbonyl (C=O) groups is 1. The van der Waals surface area contributed by atoms with Crippen molar-refractivity contribution < 1.29 is 19.1 Å². The molecule has 0 saturated carbocycles. The van der Waals surface area contributed by atoms with Crippen LogP contribution < -0.4 is 0 Å². The second kappa shape index (κ2) is 4.70. The first-order valence-corrected chi connectivity index (χ1v) is 5.95. The normalized spacial score (nSPS) is 10.7. The van der Waals surface area contributed by atoms with Crippen LogP contribution in [0.5, 0.6) is 5.75 Å². The molecule has 0 saturated heterocycles. The average molecular weight is 269 g/mol. The van der Waals surface area contributed by atoms with E-state index in [4.69, 9.17) is 4.42 Å². The molecule has 0 radical (unpaired) electrons. The lowest BCUT2D eigenvalue weighted by Crippen LogP contribution is -2.00. The molecule has 5 nitrogen and oxygen atoms in total. The molecule has 0 bridgehead atoms. The third-order valence-corrected chi connectivity index (χ3v) is 2.92. The lowest BCUT2D eigenvalue weighted by Gasteiger charge is -1.96. The number of nitrogens with zero attached hydrogens (tertiary/aromatic N) is 1. The van der Waals surface area contributed by atoms with E-state index < -0.39 is 5.97 Å². The quantitative estimate of drug-likeness (QED) is 0.724. The summed E-state index contributed by atoms with van der Waals surface area (Å²) in [5.74, 6) is 0.195. The molecular weight excluding hydrogens is 258 g/mol. The number of aromatic hydroxyl groups is 1. The highest BCUT2D eigenvalue weighted by atomic mass is 16.5. The van der Waals surface area contributed by atoms with Gasteiger partial charge in [-0.3, -0.25) is 0 Å². The van der Waals surface area contributed by atoms with Gasteiger partial charge in [-0.1, -0.05) is 0 Å². The fraction of sp³-hybridized carbons (Fsp3) is 0.0667. The van der Waals surface area contributed by atoms with Gasteiger partial charge < -0.3 is 14.3 Å². The van der Waals surface area contributed by atoms with Gasteiger partial charge in [-0.2, -0.15) is 0 Å². The molecule has 0 amide bonds. The first-order chi connectivity index (χ1) is 9.67.